The highest BCUT2D eigenvalue weighted by Gasteiger charge is 2.31. The second-order valence-electron chi connectivity index (χ2n) is 7.41. The van der Waals surface area contributed by atoms with Gasteiger partial charge in [0.1, 0.15) is 16.7 Å². The molecule has 3 aromatic rings. The number of rotatable bonds is 2. The van der Waals surface area contributed by atoms with E-state index in [1.807, 2.05) is 19.1 Å². The Labute approximate surface area is 167 Å². The van der Waals surface area contributed by atoms with Gasteiger partial charge in [0.25, 0.3) is 0 Å². The summed E-state index contributed by atoms with van der Waals surface area (Å²) in [6, 6.07) is 6.08. The van der Waals surface area contributed by atoms with Crippen molar-refractivity contribution in [1.82, 2.24) is 29.4 Å². The van der Waals surface area contributed by atoms with Crippen LogP contribution in [0.4, 0.5) is 0 Å². The molecule has 27 heavy (non-hydrogen) atoms. The summed E-state index contributed by atoms with van der Waals surface area (Å²) in [7, 11) is 0. The van der Waals surface area contributed by atoms with Crippen molar-refractivity contribution in [2.45, 2.75) is 57.5 Å². The van der Waals surface area contributed by atoms with Crippen molar-refractivity contribution in [3.05, 3.63) is 51.3 Å². The van der Waals surface area contributed by atoms with E-state index in [1.54, 1.807) is 0 Å². The van der Waals surface area contributed by atoms with Crippen LogP contribution in [-0.2, 0) is 13.1 Å². The number of benzene rings is 1. The van der Waals surface area contributed by atoms with Crippen molar-refractivity contribution in [2.24, 2.45) is 0 Å². The molecule has 0 amide bonds. The van der Waals surface area contributed by atoms with E-state index in [4.69, 9.17) is 11.6 Å². The first-order chi connectivity index (χ1) is 13.2. The van der Waals surface area contributed by atoms with E-state index in [0.29, 0.717) is 11.8 Å². The monoisotopic (exact) mass is 400 g/mol. The summed E-state index contributed by atoms with van der Waals surface area (Å²) in [6.45, 7) is 3.53. The van der Waals surface area contributed by atoms with Gasteiger partial charge in [-0.3, -0.25) is 4.57 Å². The van der Waals surface area contributed by atoms with Crippen LogP contribution in [0.25, 0.3) is 5.69 Å². The van der Waals surface area contributed by atoms with Crippen LogP contribution in [0, 0.1) is 6.92 Å². The van der Waals surface area contributed by atoms with Crippen molar-refractivity contribution < 1.29 is 0 Å². The molecular formula is C19H21ClN6S. The molecule has 5 rings (SSSR count). The first kappa shape index (κ1) is 17.3. The number of halogens is 1. The zero-order valence-electron chi connectivity index (χ0n) is 15.2. The summed E-state index contributed by atoms with van der Waals surface area (Å²) in [5.74, 6) is 3.98. The molecule has 0 radical (unpaired) electrons. The van der Waals surface area contributed by atoms with E-state index in [0.717, 1.165) is 72.0 Å². The number of hydrogen-bond acceptors (Lipinski definition) is 6. The lowest BCUT2D eigenvalue weighted by atomic mass is 9.81. The molecule has 0 atom stereocenters. The van der Waals surface area contributed by atoms with Crippen LogP contribution in [0.1, 0.15) is 65.6 Å². The fourth-order valence-corrected chi connectivity index (χ4v) is 5.03. The molecule has 6 nitrogen and oxygen atoms in total. The van der Waals surface area contributed by atoms with Gasteiger partial charge in [0.2, 0.25) is 0 Å². The lowest BCUT2D eigenvalue weighted by molar-refractivity contribution is 0.374. The average Bonchev–Trinajstić information content (AvgIpc) is 3.25. The molecule has 1 saturated carbocycles. The smallest absolute Gasteiger partial charge is 0.151 e. The Morgan fingerprint density at radius 2 is 1.93 bits per heavy atom. The molecule has 2 aliphatic rings. The lowest BCUT2D eigenvalue weighted by Crippen LogP contribution is -2.17. The van der Waals surface area contributed by atoms with E-state index in [2.05, 4.69) is 35.5 Å². The van der Waals surface area contributed by atoms with Crippen molar-refractivity contribution >= 4 is 23.1 Å². The second-order valence-corrected chi connectivity index (χ2v) is 8.80. The van der Waals surface area contributed by atoms with Gasteiger partial charge < -0.3 is 5.32 Å². The highest BCUT2D eigenvalue weighted by Crippen LogP contribution is 2.40. The Morgan fingerprint density at radius 3 is 2.70 bits per heavy atom. The van der Waals surface area contributed by atoms with E-state index < -0.39 is 0 Å². The van der Waals surface area contributed by atoms with Gasteiger partial charge in [0, 0.05) is 23.4 Å². The van der Waals surface area contributed by atoms with Gasteiger partial charge in [-0.2, -0.15) is 4.37 Å². The zero-order valence-corrected chi connectivity index (χ0v) is 16.7. The largest absolute Gasteiger partial charge is 0.306 e. The lowest BCUT2D eigenvalue weighted by Gasteiger charge is -2.27. The predicted octanol–water partition coefficient (Wildman–Crippen LogP) is 4.13. The first-order valence-corrected chi connectivity index (χ1v) is 10.6. The molecule has 0 saturated heterocycles. The molecule has 1 fully saturated rings. The van der Waals surface area contributed by atoms with Gasteiger partial charge in [-0.15, -0.1) is 10.2 Å². The van der Waals surface area contributed by atoms with E-state index in [-0.39, 0.29) is 0 Å². The van der Waals surface area contributed by atoms with Gasteiger partial charge in [-0.25, -0.2) is 4.98 Å². The predicted molar refractivity (Wildman–Crippen MR) is 106 cm³/mol. The normalized spacial score (nSPS) is 22.1. The van der Waals surface area contributed by atoms with Gasteiger partial charge in [0.15, 0.2) is 5.82 Å². The van der Waals surface area contributed by atoms with Gasteiger partial charge in [0.05, 0.1) is 12.2 Å². The fourth-order valence-electron chi connectivity index (χ4n) is 4.29. The Kier molecular flexibility index (Phi) is 4.46. The SMILES string of the molecule is Cc1nc(C2CCC(c3nnc4n3-c3ccc(Cl)cc3CNC4)CC2)ns1. The molecule has 1 N–H and O–H groups in total. The first-order valence-electron chi connectivity index (χ1n) is 9.43. The molecule has 0 spiro atoms. The van der Waals surface area contributed by atoms with E-state index >= 15 is 0 Å². The van der Waals surface area contributed by atoms with Gasteiger partial charge in [-0.05, 0) is 67.9 Å². The molecule has 8 heteroatoms. The van der Waals surface area contributed by atoms with E-state index in [1.165, 1.54) is 17.1 Å². The summed E-state index contributed by atoms with van der Waals surface area (Å²) in [4.78, 5) is 4.60. The molecule has 1 aromatic carbocycles. The highest BCUT2D eigenvalue weighted by molar-refractivity contribution is 7.05. The van der Waals surface area contributed by atoms with Crippen molar-refractivity contribution in [3.8, 4) is 5.69 Å². The van der Waals surface area contributed by atoms with Gasteiger partial charge in [-0.1, -0.05) is 11.6 Å². The summed E-state index contributed by atoms with van der Waals surface area (Å²) in [5, 5.41) is 14.3. The van der Waals surface area contributed by atoms with E-state index in [9.17, 15) is 0 Å². The van der Waals surface area contributed by atoms with Crippen LogP contribution in [0.5, 0.6) is 0 Å². The number of fused-ring (bicyclic) bond motifs is 3. The number of nitrogens with zero attached hydrogens (tertiary/aromatic N) is 5. The number of aryl methyl sites for hydroxylation is 1. The Bertz CT molecular complexity index is 972. The topological polar surface area (TPSA) is 68.5 Å². The third-order valence-electron chi connectivity index (χ3n) is 5.64. The maximum Gasteiger partial charge on any atom is 0.151 e. The van der Waals surface area contributed by atoms with Crippen molar-refractivity contribution in [1.29, 1.82) is 0 Å². The molecule has 0 bridgehead atoms. The number of aromatic nitrogens is 5. The second kappa shape index (κ2) is 6.96. The minimum atomic E-state index is 0.420. The summed E-state index contributed by atoms with van der Waals surface area (Å²) in [6.07, 6.45) is 4.40. The third kappa shape index (κ3) is 3.17. The molecule has 3 heterocycles. The molecular weight excluding hydrogens is 380 g/mol. The summed E-state index contributed by atoms with van der Waals surface area (Å²) >= 11 is 7.72. The minimum Gasteiger partial charge on any atom is -0.306 e. The maximum absolute atomic E-state index is 6.22. The number of hydrogen-bond donors (Lipinski definition) is 1. The summed E-state index contributed by atoms with van der Waals surface area (Å²) < 4.78 is 6.78. The Balaban J connectivity index is 1.43. The quantitative estimate of drug-likeness (QED) is 0.700. The van der Waals surface area contributed by atoms with Crippen LogP contribution in [0.15, 0.2) is 18.2 Å². The molecule has 2 aromatic heterocycles. The van der Waals surface area contributed by atoms with Crippen LogP contribution >= 0.6 is 23.1 Å². The molecule has 1 aliphatic carbocycles. The maximum atomic E-state index is 6.22. The molecule has 1 aliphatic heterocycles. The minimum absolute atomic E-state index is 0.420. The van der Waals surface area contributed by atoms with Crippen molar-refractivity contribution in [3.63, 3.8) is 0 Å². The third-order valence-corrected chi connectivity index (χ3v) is 6.51. The van der Waals surface area contributed by atoms with Crippen LogP contribution in [0.3, 0.4) is 0 Å². The average molecular weight is 401 g/mol. The standard InChI is InChI=1S/C19H21ClN6S/c1-11-22-18(25-27-11)12-2-4-13(5-3-12)19-24-23-17-10-21-9-14-8-15(20)6-7-16(14)26(17)19/h6-8,12-13,21H,2-5,9-10H2,1H3. The van der Waals surface area contributed by atoms with Crippen LogP contribution < -0.4 is 5.32 Å². The summed E-state index contributed by atoms with van der Waals surface area (Å²) in [5.41, 5.74) is 2.34. The molecule has 140 valence electrons. The van der Waals surface area contributed by atoms with Crippen LogP contribution in [0.2, 0.25) is 5.02 Å². The van der Waals surface area contributed by atoms with Gasteiger partial charge >= 0.3 is 0 Å². The zero-order chi connectivity index (χ0) is 18.4. The Morgan fingerprint density at radius 1 is 1.11 bits per heavy atom. The number of nitrogens with one attached hydrogen (secondary N) is 1. The van der Waals surface area contributed by atoms with Crippen LogP contribution in [-0.4, -0.2) is 24.1 Å². The highest BCUT2D eigenvalue weighted by atomic mass is 35.5. The Hall–Kier alpha value is -1.83. The van der Waals surface area contributed by atoms with Crippen molar-refractivity contribution in [2.75, 3.05) is 0 Å². The fraction of sp³-hybridized carbons (Fsp3) is 0.474. The molecule has 0 unspecified atom stereocenters.